The summed E-state index contributed by atoms with van der Waals surface area (Å²) in [5.74, 6) is -2.86. The van der Waals surface area contributed by atoms with Crippen molar-refractivity contribution >= 4 is 17.6 Å². The number of carboxylic acids is 1. The fraction of sp³-hybridized carbons (Fsp3) is 0.240. The molecule has 1 heterocycles. The third-order valence-corrected chi connectivity index (χ3v) is 5.19. The number of hydrogen-bond donors (Lipinski definition) is 3. The summed E-state index contributed by atoms with van der Waals surface area (Å²) < 4.78 is 26.5. The Morgan fingerprint density at radius 3 is 2.26 bits per heavy atom. The van der Waals surface area contributed by atoms with Crippen LogP contribution in [0.1, 0.15) is 33.7 Å². The number of pyridine rings is 1. The highest BCUT2D eigenvalue weighted by molar-refractivity contribution is 6.01. The number of amidine groups is 1. The van der Waals surface area contributed by atoms with Crippen LogP contribution < -0.4 is 10.6 Å². The first-order valence-corrected chi connectivity index (χ1v) is 10.4. The molecule has 4 N–H and O–H groups in total. The van der Waals surface area contributed by atoms with E-state index in [-0.39, 0.29) is 17.8 Å². The number of benzene rings is 2. The third-order valence-electron chi connectivity index (χ3n) is 5.19. The maximum Gasteiger partial charge on any atom is 0.311 e. The molecule has 2 aromatic carbocycles. The quantitative estimate of drug-likeness (QED) is 0.215. The highest BCUT2D eigenvalue weighted by Gasteiger charge is 2.22. The molecule has 0 spiro atoms. The van der Waals surface area contributed by atoms with Crippen molar-refractivity contribution in [3.8, 4) is 0 Å². The van der Waals surface area contributed by atoms with Gasteiger partial charge < -0.3 is 20.9 Å². The van der Waals surface area contributed by atoms with Gasteiger partial charge in [-0.3, -0.25) is 4.79 Å². The number of aliphatic carboxylic acids is 1. The molecule has 0 fully saturated rings. The number of nitrogens with two attached hydrogens (primary N) is 1. The Morgan fingerprint density at radius 1 is 1.09 bits per heavy atom. The molecule has 0 saturated carbocycles. The van der Waals surface area contributed by atoms with E-state index in [9.17, 15) is 18.7 Å². The molecule has 0 aliphatic rings. The van der Waals surface area contributed by atoms with E-state index in [1.165, 1.54) is 0 Å². The minimum atomic E-state index is -1.10. The summed E-state index contributed by atoms with van der Waals surface area (Å²) in [5, 5.41) is 20.8. The third kappa shape index (κ3) is 6.99. The molecule has 1 unspecified atom stereocenters. The van der Waals surface area contributed by atoms with E-state index in [0.29, 0.717) is 11.4 Å². The predicted molar refractivity (Wildman–Crippen MR) is 127 cm³/mol. The summed E-state index contributed by atoms with van der Waals surface area (Å²) >= 11 is 0. The Bertz CT molecular complexity index is 1160. The van der Waals surface area contributed by atoms with Crippen molar-refractivity contribution in [1.82, 2.24) is 4.98 Å². The molecular formula is C25H28F2N4O3. The molecule has 0 aliphatic carbocycles. The fourth-order valence-electron chi connectivity index (χ4n) is 3.30. The molecule has 0 saturated heterocycles. The first-order valence-electron chi connectivity index (χ1n) is 10.4. The largest absolute Gasteiger partial charge is 0.481 e. The van der Waals surface area contributed by atoms with Crippen molar-refractivity contribution in [1.29, 1.82) is 0 Å². The summed E-state index contributed by atoms with van der Waals surface area (Å²) in [7, 11) is 3.69. The van der Waals surface area contributed by atoms with Crippen LogP contribution in [0.15, 0.2) is 59.9 Å². The van der Waals surface area contributed by atoms with Crippen LogP contribution in [0.5, 0.6) is 0 Å². The lowest BCUT2D eigenvalue weighted by molar-refractivity contribution is -0.138. The van der Waals surface area contributed by atoms with Crippen LogP contribution >= 0.6 is 0 Å². The van der Waals surface area contributed by atoms with Crippen molar-refractivity contribution in [2.45, 2.75) is 26.2 Å². The highest BCUT2D eigenvalue weighted by atomic mass is 19.1. The van der Waals surface area contributed by atoms with Crippen LogP contribution in [0.3, 0.4) is 0 Å². The number of anilines is 1. The number of carboxylic acid groups (broad SMARTS) is 1. The highest BCUT2D eigenvalue weighted by Crippen LogP contribution is 2.24. The number of carbonyl (C=O) groups is 1. The van der Waals surface area contributed by atoms with Crippen LogP contribution in [-0.4, -0.2) is 41.2 Å². The van der Waals surface area contributed by atoms with Gasteiger partial charge in [-0.05, 0) is 66.8 Å². The Balaban J connectivity index is 0.000000270. The van der Waals surface area contributed by atoms with E-state index >= 15 is 0 Å². The first-order chi connectivity index (χ1) is 16.0. The number of hydrogen-bond acceptors (Lipinski definition) is 5. The second-order valence-corrected chi connectivity index (χ2v) is 7.97. The lowest BCUT2D eigenvalue weighted by atomic mass is 9.91. The number of rotatable bonds is 6. The maximum atomic E-state index is 13.3. The Morgan fingerprint density at radius 2 is 1.74 bits per heavy atom. The van der Waals surface area contributed by atoms with Gasteiger partial charge in [0.25, 0.3) is 0 Å². The van der Waals surface area contributed by atoms with Crippen LogP contribution in [-0.2, 0) is 11.2 Å². The smallest absolute Gasteiger partial charge is 0.311 e. The van der Waals surface area contributed by atoms with Crippen LogP contribution in [0.2, 0.25) is 0 Å². The van der Waals surface area contributed by atoms with Crippen LogP contribution in [0.25, 0.3) is 0 Å². The molecule has 0 aliphatic heterocycles. The predicted octanol–water partition coefficient (Wildman–Crippen LogP) is 4.23. The van der Waals surface area contributed by atoms with Crippen molar-refractivity contribution < 1.29 is 23.9 Å². The molecule has 3 rings (SSSR count). The van der Waals surface area contributed by atoms with Gasteiger partial charge in [-0.1, -0.05) is 23.4 Å². The minimum Gasteiger partial charge on any atom is -0.481 e. The topological polar surface area (TPSA) is 112 Å². The number of nitrogens with zero attached hydrogens (tertiary/aromatic N) is 3. The standard InChI is InChI=1S/C17H16F2O2.C8H12N4O/c1-10-3-4-12(5-11(10)2)6-16(17(20)21)13-7-14(18)9-15(19)8-13;1-12(2)8-6(7(9)11-13)4-3-5-10-8/h3-5,7-9,16H,6H2,1-2H3,(H,20,21);3-5,13H,1-2H3,(H2,9,11). The molecule has 1 atom stereocenters. The number of halogens is 2. The second kappa shape index (κ2) is 11.7. The normalized spacial score (nSPS) is 11.9. The maximum absolute atomic E-state index is 13.3. The second-order valence-electron chi connectivity index (χ2n) is 7.97. The van der Waals surface area contributed by atoms with Gasteiger partial charge in [0.15, 0.2) is 5.84 Å². The van der Waals surface area contributed by atoms with E-state index in [1.807, 2.05) is 46.1 Å². The van der Waals surface area contributed by atoms with Gasteiger partial charge in [0.05, 0.1) is 11.5 Å². The average molecular weight is 471 g/mol. The molecule has 0 radical (unpaired) electrons. The van der Waals surface area contributed by atoms with E-state index in [4.69, 9.17) is 10.9 Å². The SMILES string of the molecule is CN(C)c1ncccc1C(N)=NO.Cc1ccc(CC(C(=O)O)c2cc(F)cc(F)c2)cc1C. The molecule has 9 heteroatoms. The monoisotopic (exact) mass is 470 g/mol. The zero-order valence-electron chi connectivity index (χ0n) is 19.5. The van der Waals surface area contributed by atoms with Crippen molar-refractivity contribution in [3.05, 3.63) is 94.2 Å². The van der Waals surface area contributed by atoms with Crippen molar-refractivity contribution in [2.75, 3.05) is 19.0 Å². The van der Waals surface area contributed by atoms with Gasteiger partial charge in [-0.25, -0.2) is 13.8 Å². The summed E-state index contributed by atoms with van der Waals surface area (Å²) in [6, 6.07) is 12.0. The van der Waals surface area contributed by atoms with Crippen LogP contribution in [0.4, 0.5) is 14.6 Å². The molecule has 0 bridgehead atoms. The zero-order valence-corrected chi connectivity index (χ0v) is 19.5. The first kappa shape index (κ1) is 26.2. The number of aromatic nitrogens is 1. The number of oxime groups is 1. The number of aryl methyl sites for hydroxylation is 2. The Kier molecular flexibility index (Phi) is 9.06. The van der Waals surface area contributed by atoms with Gasteiger partial charge in [-0.15, -0.1) is 0 Å². The van der Waals surface area contributed by atoms with Gasteiger partial charge in [0, 0.05) is 26.4 Å². The minimum absolute atomic E-state index is 0.0665. The van der Waals surface area contributed by atoms with E-state index in [2.05, 4.69) is 10.1 Å². The molecule has 34 heavy (non-hydrogen) atoms. The van der Waals surface area contributed by atoms with Crippen molar-refractivity contribution in [3.63, 3.8) is 0 Å². The zero-order chi connectivity index (χ0) is 25.4. The Labute approximate surface area is 197 Å². The van der Waals surface area contributed by atoms with E-state index in [0.717, 1.165) is 34.9 Å². The summed E-state index contributed by atoms with van der Waals surface area (Å²) in [5.41, 5.74) is 9.22. The summed E-state index contributed by atoms with van der Waals surface area (Å²) in [6.07, 6.45) is 1.85. The van der Waals surface area contributed by atoms with Gasteiger partial charge in [-0.2, -0.15) is 0 Å². The van der Waals surface area contributed by atoms with E-state index in [1.54, 1.807) is 23.2 Å². The molecular weight excluding hydrogens is 442 g/mol. The lowest BCUT2D eigenvalue weighted by Gasteiger charge is -2.14. The molecule has 1 aromatic heterocycles. The van der Waals surface area contributed by atoms with Gasteiger partial charge in [0.1, 0.15) is 17.5 Å². The Hall–Kier alpha value is -4.01. The summed E-state index contributed by atoms with van der Waals surface area (Å²) in [4.78, 5) is 17.3. The molecule has 0 amide bonds. The fourth-order valence-corrected chi connectivity index (χ4v) is 3.30. The van der Waals surface area contributed by atoms with Gasteiger partial charge >= 0.3 is 5.97 Å². The van der Waals surface area contributed by atoms with Gasteiger partial charge in [0.2, 0.25) is 0 Å². The lowest BCUT2D eigenvalue weighted by Crippen LogP contribution is -2.20. The van der Waals surface area contributed by atoms with Crippen molar-refractivity contribution in [2.24, 2.45) is 10.9 Å². The summed E-state index contributed by atoms with van der Waals surface area (Å²) in [6.45, 7) is 3.91. The molecule has 7 nitrogen and oxygen atoms in total. The van der Waals surface area contributed by atoms with Crippen LogP contribution in [0, 0.1) is 25.5 Å². The van der Waals surface area contributed by atoms with E-state index < -0.39 is 23.5 Å². The molecule has 180 valence electrons. The average Bonchev–Trinajstić information content (AvgIpc) is 2.78. The molecule has 3 aromatic rings.